The lowest BCUT2D eigenvalue weighted by molar-refractivity contribution is 0.110. The Morgan fingerprint density at radius 2 is 2.37 bits per heavy atom. The molecular formula is C14H18N2OS2. The van der Waals surface area contributed by atoms with Crippen molar-refractivity contribution in [3.05, 3.63) is 24.3 Å². The third-order valence-electron chi connectivity index (χ3n) is 3.17. The number of hydrogen-bond donors (Lipinski definition) is 1. The first-order valence-corrected chi connectivity index (χ1v) is 8.53. The summed E-state index contributed by atoms with van der Waals surface area (Å²) < 4.78 is 8.02. The van der Waals surface area contributed by atoms with Crippen LogP contribution in [0.1, 0.15) is 12.8 Å². The lowest BCUT2D eigenvalue weighted by Gasteiger charge is -2.09. The smallest absolute Gasteiger partial charge is 0.151 e. The van der Waals surface area contributed by atoms with Gasteiger partial charge in [-0.15, -0.1) is 11.3 Å². The first kappa shape index (κ1) is 13.4. The van der Waals surface area contributed by atoms with Crippen LogP contribution in [0, 0.1) is 0 Å². The van der Waals surface area contributed by atoms with Gasteiger partial charge in [0.25, 0.3) is 0 Å². The van der Waals surface area contributed by atoms with Gasteiger partial charge in [0, 0.05) is 25.4 Å². The molecule has 3 rings (SSSR count). The van der Waals surface area contributed by atoms with Crippen LogP contribution < -0.4 is 5.32 Å². The Morgan fingerprint density at radius 3 is 3.21 bits per heavy atom. The van der Waals surface area contributed by atoms with Gasteiger partial charge in [-0.25, -0.2) is 4.98 Å². The monoisotopic (exact) mass is 294 g/mol. The molecule has 1 N–H and O–H groups in total. The molecule has 1 atom stereocenters. The molecule has 1 aliphatic heterocycles. The third kappa shape index (κ3) is 3.69. The fourth-order valence-electron chi connectivity index (χ4n) is 2.19. The summed E-state index contributed by atoms with van der Waals surface area (Å²) in [5.41, 5.74) is 1.11. The van der Waals surface area contributed by atoms with Gasteiger partial charge in [0.15, 0.2) is 4.34 Å². The molecule has 1 fully saturated rings. The Kier molecular flexibility index (Phi) is 4.71. The number of thiazole rings is 1. The van der Waals surface area contributed by atoms with Crippen LogP contribution in [0.3, 0.4) is 0 Å². The van der Waals surface area contributed by atoms with Crippen LogP contribution in [-0.2, 0) is 4.74 Å². The predicted octanol–water partition coefficient (Wildman–Crippen LogP) is 3.16. The lowest BCUT2D eigenvalue weighted by Crippen LogP contribution is -2.27. The van der Waals surface area contributed by atoms with E-state index in [2.05, 4.69) is 28.5 Å². The number of ether oxygens (including phenoxy) is 1. The molecule has 0 radical (unpaired) electrons. The molecule has 19 heavy (non-hydrogen) atoms. The van der Waals surface area contributed by atoms with Gasteiger partial charge in [-0.2, -0.15) is 0 Å². The van der Waals surface area contributed by atoms with E-state index in [1.165, 1.54) is 21.9 Å². The standard InChI is InChI=1S/C14H18N2OS2/c1-2-6-13-12(5-1)16-14(19-13)18-9-7-15-10-11-4-3-8-17-11/h1-2,5-6,11,15H,3-4,7-10H2. The second-order valence-electron chi connectivity index (χ2n) is 4.64. The number of nitrogens with one attached hydrogen (secondary N) is 1. The number of benzene rings is 1. The summed E-state index contributed by atoms with van der Waals surface area (Å²) in [5.74, 6) is 1.06. The van der Waals surface area contributed by atoms with Gasteiger partial charge in [0.1, 0.15) is 0 Å². The second-order valence-corrected chi connectivity index (χ2v) is 7.01. The van der Waals surface area contributed by atoms with Crippen LogP contribution >= 0.6 is 23.1 Å². The molecule has 0 amide bonds. The number of fused-ring (bicyclic) bond motifs is 1. The molecule has 1 aromatic heterocycles. The minimum absolute atomic E-state index is 0.437. The van der Waals surface area contributed by atoms with Gasteiger partial charge < -0.3 is 10.1 Å². The fraction of sp³-hybridized carbons (Fsp3) is 0.500. The van der Waals surface area contributed by atoms with Gasteiger partial charge in [0.05, 0.1) is 16.3 Å². The van der Waals surface area contributed by atoms with Crippen molar-refractivity contribution in [3.8, 4) is 0 Å². The molecule has 2 heterocycles. The van der Waals surface area contributed by atoms with Crippen LogP contribution in [0.5, 0.6) is 0 Å². The molecule has 1 aliphatic rings. The molecule has 1 aromatic carbocycles. The van der Waals surface area contributed by atoms with E-state index in [4.69, 9.17) is 4.74 Å². The van der Waals surface area contributed by atoms with Crippen LogP contribution in [0.2, 0.25) is 0 Å². The van der Waals surface area contributed by atoms with Crippen LogP contribution in [0.4, 0.5) is 0 Å². The zero-order valence-corrected chi connectivity index (χ0v) is 12.4. The highest BCUT2D eigenvalue weighted by atomic mass is 32.2. The van der Waals surface area contributed by atoms with E-state index in [0.29, 0.717) is 6.10 Å². The van der Waals surface area contributed by atoms with E-state index < -0.39 is 0 Å². The third-order valence-corrected chi connectivity index (χ3v) is 5.36. The Bertz CT molecular complexity index is 490. The lowest BCUT2D eigenvalue weighted by atomic mass is 10.2. The highest BCUT2D eigenvalue weighted by Gasteiger charge is 2.14. The van der Waals surface area contributed by atoms with Crippen molar-refractivity contribution in [1.82, 2.24) is 10.3 Å². The van der Waals surface area contributed by atoms with Crippen LogP contribution in [0.15, 0.2) is 28.6 Å². The fourth-order valence-corrected chi connectivity index (χ4v) is 4.23. The van der Waals surface area contributed by atoms with Gasteiger partial charge in [0.2, 0.25) is 0 Å². The Balaban J connectivity index is 1.39. The van der Waals surface area contributed by atoms with Gasteiger partial charge in [-0.1, -0.05) is 23.9 Å². The molecule has 1 unspecified atom stereocenters. The summed E-state index contributed by atoms with van der Waals surface area (Å²) in [7, 11) is 0. The topological polar surface area (TPSA) is 34.1 Å². The van der Waals surface area contributed by atoms with Crippen molar-refractivity contribution in [1.29, 1.82) is 0 Å². The van der Waals surface area contributed by atoms with Crippen molar-refractivity contribution in [2.45, 2.75) is 23.3 Å². The first-order valence-electron chi connectivity index (χ1n) is 6.72. The van der Waals surface area contributed by atoms with Crippen molar-refractivity contribution in [2.75, 3.05) is 25.4 Å². The van der Waals surface area contributed by atoms with Crippen molar-refractivity contribution < 1.29 is 4.74 Å². The van der Waals surface area contributed by atoms with Crippen molar-refractivity contribution in [2.24, 2.45) is 0 Å². The molecule has 1 saturated heterocycles. The maximum Gasteiger partial charge on any atom is 0.151 e. The van der Waals surface area contributed by atoms with Gasteiger partial charge >= 0.3 is 0 Å². The molecule has 0 aliphatic carbocycles. The van der Waals surface area contributed by atoms with Gasteiger partial charge in [-0.3, -0.25) is 0 Å². The maximum atomic E-state index is 5.58. The Hall–Kier alpha value is -0.620. The average molecular weight is 294 g/mol. The Labute approximate surface area is 121 Å². The van der Waals surface area contributed by atoms with Crippen LogP contribution in [0.25, 0.3) is 10.2 Å². The number of nitrogens with zero attached hydrogens (tertiary/aromatic N) is 1. The summed E-state index contributed by atoms with van der Waals surface area (Å²) in [4.78, 5) is 4.62. The minimum atomic E-state index is 0.437. The summed E-state index contributed by atoms with van der Waals surface area (Å²) in [6.45, 7) is 2.94. The number of thioether (sulfide) groups is 1. The van der Waals surface area contributed by atoms with Crippen molar-refractivity contribution >= 4 is 33.3 Å². The van der Waals surface area contributed by atoms with Crippen LogP contribution in [-0.4, -0.2) is 36.5 Å². The zero-order chi connectivity index (χ0) is 12.9. The summed E-state index contributed by atoms with van der Waals surface area (Å²) in [6, 6.07) is 8.32. The number of rotatable bonds is 6. The molecule has 0 bridgehead atoms. The molecular weight excluding hydrogens is 276 g/mol. The van der Waals surface area contributed by atoms with Crippen molar-refractivity contribution in [3.63, 3.8) is 0 Å². The molecule has 0 spiro atoms. The highest BCUT2D eigenvalue weighted by molar-refractivity contribution is 8.01. The second kappa shape index (κ2) is 6.70. The molecule has 0 saturated carbocycles. The largest absolute Gasteiger partial charge is 0.377 e. The minimum Gasteiger partial charge on any atom is -0.377 e. The summed E-state index contributed by atoms with van der Waals surface area (Å²) in [6.07, 6.45) is 2.86. The molecule has 5 heteroatoms. The van der Waals surface area contributed by atoms with Gasteiger partial charge in [-0.05, 0) is 25.0 Å². The van der Waals surface area contributed by atoms with E-state index >= 15 is 0 Å². The maximum absolute atomic E-state index is 5.58. The zero-order valence-electron chi connectivity index (χ0n) is 10.8. The molecule has 102 valence electrons. The quantitative estimate of drug-likeness (QED) is 0.655. The number of aromatic nitrogens is 1. The average Bonchev–Trinajstić information content (AvgIpc) is 3.06. The first-order chi connectivity index (χ1) is 9.42. The van der Waals surface area contributed by atoms with E-state index in [0.717, 1.165) is 31.0 Å². The normalized spacial score (nSPS) is 19.3. The summed E-state index contributed by atoms with van der Waals surface area (Å²) in [5, 5.41) is 3.46. The SMILES string of the molecule is c1ccc2sc(SCCNCC3CCCO3)nc2c1. The number of para-hydroxylation sites is 1. The number of hydrogen-bond acceptors (Lipinski definition) is 5. The predicted molar refractivity (Wildman–Crippen MR) is 82.2 cm³/mol. The summed E-state index contributed by atoms with van der Waals surface area (Å²) >= 11 is 3.61. The molecule has 3 nitrogen and oxygen atoms in total. The molecule has 2 aromatic rings. The van der Waals surface area contributed by atoms with E-state index in [-0.39, 0.29) is 0 Å². The Morgan fingerprint density at radius 1 is 1.42 bits per heavy atom. The highest BCUT2D eigenvalue weighted by Crippen LogP contribution is 2.28. The van der Waals surface area contributed by atoms with E-state index in [9.17, 15) is 0 Å². The van der Waals surface area contributed by atoms with E-state index in [1.54, 1.807) is 11.3 Å². The van der Waals surface area contributed by atoms with E-state index in [1.807, 2.05) is 17.8 Å².